The van der Waals surface area contributed by atoms with Gasteiger partial charge in [-0.05, 0) is 48.9 Å². The van der Waals surface area contributed by atoms with Crippen LogP contribution >= 0.6 is 11.3 Å². The predicted octanol–water partition coefficient (Wildman–Crippen LogP) is 5.48. The van der Waals surface area contributed by atoms with E-state index in [1.807, 2.05) is 37.4 Å². The molecule has 2 atom stereocenters. The fourth-order valence-electron chi connectivity index (χ4n) is 3.49. The van der Waals surface area contributed by atoms with Gasteiger partial charge in [-0.25, -0.2) is 9.78 Å². The number of aryl methyl sites for hydroxylation is 1. The number of aldehydes is 1. The minimum absolute atomic E-state index is 0.302. The summed E-state index contributed by atoms with van der Waals surface area (Å²) in [6.45, 7) is 6.61. The SMILES string of the molecule is CCc1nc(C(Cc2ccc(C(C)C)cc2)NC)cs1.COC(=O)NC(C=O)Cc1ccccc1. The first kappa shape index (κ1) is 28.2. The summed E-state index contributed by atoms with van der Waals surface area (Å²) in [5, 5.41) is 9.22. The largest absolute Gasteiger partial charge is 0.453 e. The molecule has 2 unspecified atom stereocenters. The number of thiazole rings is 1. The summed E-state index contributed by atoms with van der Waals surface area (Å²) in [5.74, 6) is 0.592. The van der Waals surface area contributed by atoms with Gasteiger partial charge in [-0.15, -0.1) is 11.3 Å². The number of benzene rings is 2. The van der Waals surface area contributed by atoms with Crippen molar-refractivity contribution in [3.8, 4) is 0 Å². The summed E-state index contributed by atoms with van der Waals surface area (Å²) < 4.78 is 4.41. The topological polar surface area (TPSA) is 80.3 Å². The van der Waals surface area contributed by atoms with Gasteiger partial charge in [0.2, 0.25) is 0 Å². The third-order valence-electron chi connectivity index (χ3n) is 5.62. The molecule has 0 saturated carbocycles. The number of alkyl carbamates (subject to hydrolysis) is 1. The Morgan fingerprint density at radius 3 is 2.23 bits per heavy atom. The van der Waals surface area contributed by atoms with E-state index in [2.05, 4.69) is 65.8 Å². The molecule has 6 nitrogen and oxygen atoms in total. The van der Waals surface area contributed by atoms with Gasteiger partial charge in [0.15, 0.2) is 0 Å². The Bertz CT molecular complexity index is 1020. The number of aromatic nitrogens is 1. The monoisotopic (exact) mass is 495 g/mol. The van der Waals surface area contributed by atoms with Crippen molar-refractivity contribution in [2.45, 2.75) is 58.0 Å². The zero-order valence-corrected chi connectivity index (χ0v) is 22.1. The van der Waals surface area contributed by atoms with Crippen LogP contribution in [0.5, 0.6) is 0 Å². The first-order valence-electron chi connectivity index (χ1n) is 11.9. The van der Waals surface area contributed by atoms with Crippen LogP contribution in [0, 0.1) is 0 Å². The molecule has 0 radical (unpaired) electrons. The number of carbonyl (C=O) groups is 2. The van der Waals surface area contributed by atoms with E-state index >= 15 is 0 Å². The van der Waals surface area contributed by atoms with Gasteiger partial charge in [0.05, 0.1) is 29.9 Å². The van der Waals surface area contributed by atoms with E-state index in [1.165, 1.54) is 28.9 Å². The van der Waals surface area contributed by atoms with Crippen molar-refractivity contribution in [3.05, 3.63) is 87.4 Å². The first-order valence-corrected chi connectivity index (χ1v) is 12.8. The molecule has 1 amide bonds. The lowest BCUT2D eigenvalue weighted by Crippen LogP contribution is -2.37. The lowest BCUT2D eigenvalue weighted by Gasteiger charge is -2.14. The molecule has 1 aromatic heterocycles. The number of likely N-dealkylation sites (N-methyl/N-ethyl adjacent to an activating group) is 1. The molecule has 2 aromatic carbocycles. The summed E-state index contributed by atoms with van der Waals surface area (Å²) in [4.78, 5) is 26.3. The van der Waals surface area contributed by atoms with Crippen LogP contribution in [-0.4, -0.2) is 37.6 Å². The molecule has 3 rings (SSSR count). The molecule has 1 heterocycles. The van der Waals surface area contributed by atoms with Crippen molar-refractivity contribution >= 4 is 23.7 Å². The molecule has 188 valence electrons. The third kappa shape index (κ3) is 9.62. The van der Waals surface area contributed by atoms with Gasteiger partial charge in [0.1, 0.15) is 6.29 Å². The van der Waals surface area contributed by atoms with Crippen LogP contribution in [0.1, 0.15) is 60.1 Å². The molecule has 3 aromatic rings. The maximum atomic E-state index is 10.9. The minimum atomic E-state index is -0.594. The molecule has 2 N–H and O–H groups in total. The molecule has 0 aliphatic carbocycles. The van der Waals surface area contributed by atoms with Crippen molar-refractivity contribution in [2.75, 3.05) is 14.2 Å². The molecule has 0 bridgehead atoms. The van der Waals surface area contributed by atoms with E-state index in [9.17, 15) is 9.59 Å². The molecular weight excluding hydrogens is 458 g/mol. The molecule has 0 spiro atoms. The lowest BCUT2D eigenvalue weighted by molar-refractivity contribution is -0.109. The molecule has 0 aliphatic heterocycles. The summed E-state index contributed by atoms with van der Waals surface area (Å²) in [5.41, 5.74) is 4.92. The Kier molecular flexibility index (Phi) is 12.1. The van der Waals surface area contributed by atoms with Crippen molar-refractivity contribution in [2.24, 2.45) is 0 Å². The van der Waals surface area contributed by atoms with Crippen LogP contribution in [0.25, 0.3) is 0 Å². The second kappa shape index (κ2) is 15.1. The highest BCUT2D eigenvalue weighted by Crippen LogP contribution is 2.22. The predicted molar refractivity (Wildman–Crippen MR) is 143 cm³/mol. The van der Waals surface area contributed by atoms with Crippen molar-refractivity contribution in [1.82, 2.24) is 15.6 Å². The maximum Gasteiger partial charge on any atom is 0.407 e. The normalized spacial score (nSPS) is 12.3. The van der Waals surface area contributed by atoms with Gasteiger partial charge < -0.3 is 20.2 Å². The van der Waals surface area contributed by atoms with Crippen molar-refractivity contribution in [3.63, 3.8) is 0 Å². The minimum Gasteiger partial charge on any atom is -0.453 e. The van der Waals surface area contributed by atoms with Gasteiger partial charge >= 0.3 is 6.09 Å². The first-order chi connectivity index (χ1) is 16.9. The zero-order valence-electron chi connectivity index (χ0n) is 21.3. The van der Waals surface area contributed by atoms with E-state index in [0.29, 0.717) is 24.7 Å². The molecule has 7 heteroatoms. The zero-order chi connectivity index (χ0) is 25.6. The number of hydrogen-bond donors (Lipinski definition) is 2. The number of rotatable bonds is 10. The third-order valence-corrected chi connectivity index (χ3v) is 6.63. The number of methoxy groups -OCH3 is 1. The van der Waals surface area contributed by atoms with Gasteiger partial charge in [-0.1, -0.05) is 75.4 Å². The Labute approximate surface area is 213 Å². The van der Waals surface area contributed by atoms with E-state index in [1.54, 1.807) is 11.3 Å². The molecule has 0 fully saturated rings. The molecular formula is C28H37N3O3S. The van der Waals surface area contributed by atoms with E-state index in [0.717, 1.165) is 18.4 Å². The second-order valence-corrected chi connectivity index (χ2v) is 9.47. The second-order valence-electron chi connectivity index (χ2n) is 8.53. The molecule has 35 heavy (non-hydrogen) atoms. The summed E-state index contributed by atoms with van der Waals surface area (Å²) in [7, 11) is 3.28. The Balaban J connectivity index is 0.000000258. The average Bonchev–Trinajstić information content (AvgIpc) is 3.37. The van der Waals surface area contributed by atoms with Gasteiger partial charge in [0.25, 0.3) is 0 Å². The highest BCUT2D eigenvalue weighted by Gasteiger charge is 2.14. The standard InChI is InChI=1S/C17H24N2S.C11H13NO3/c1-5-17-19-16(11-20-17)15(18-4)10-13-6-8-14(9-7-13)12(2)3;1-15-11(14)12-10(8-13)7-9-5-3-2-4-6-9/h6-9,11-12,15,18H,5,10H2,1-4H3;2-6,8,10H,7H2,1H3,(H,12,14). The fraction of sp³-hybridized carbons (Fsp3) is 0.393. The number of amides is 1. The molecule has 0 saturated heterocycles. The number of nitrogens with zero attached hydrogens (tertiary/aromatic N) is 1. The lowest BCUT2D eigenvalue weighted by atomic mass is 9.98. The van der Waals surface area contributed by atoms with Crippen LogP contribution in [0.15, 0.2) is 60.0 Å². The van der Waals surface area contributed by atoms with Crippen LogP contribution in [0.3, 0.4) is 0 Å². The summed E-state index contributed by atoms with van der Waals surface area (Å²) in [6.07, 6.45) is 2.58. The molecule has 0 aliphatic rings. The van der Waals surface area contributed by atoms with Crippen LogP contribution in [-0.2, 0) is 28.8 Å². The quantitative estimate of drug-likeness (QED) is 0.364. The number of nitrogens with one attached hydrogen (secondary N) is 2. The van der Waals surface area contributed by atoms with Crippen LogP contribution < -0.4 is 10.6 Å². The Hall–Kier alpha value is -3.03. The highest BCUT2D eigenvalue weighted by molar-refractivity contribution is 7.09. The van der Waals surface area contributed by atoms with Gasteiger partial charge in [-0.3, -0.25) is 0 Å². The Morgan fingerprint density at radius 2 is 1.71 bits per heavy atom. The number of hydrogen-bond acceptors (Lipinski definition) is 6. The fourth-order valence-corrected chi connectivity index (χ4v) is 4.29. The van der Waals surface area contributed by atoms with Crippen LogP contribution in [0.4, 0.5) is 4.79 Å². The van der Waals surface area contributed by atoms with E-state index < -0.39 is 12.1 Å². The number of carbonyl (C=O) groups excluding carboxylic acids is 2. The van der Waals surface area contributed by atoms with Crippen LogP contribution in [0.2, 0.25) is 0 Å². The van der Waals surface area contributed by atoms with Gasteiger partial charge in [0, 0.05) is 5.38 Å². The van der Waals surface area contributed by atoms with Crippen molar-refractivity contribution in [1.29, 1.82) is 0 Å². The van der Waals surface area contributed by atoms with Gasteiger partial charge in [-0.2, -0.15) is 0 Å². The van der Waals surface area contributed by atoms with E-state index in [-0.39, 0.29) is 0 Å². The number of ether oxygens (including phenoxy) is 1. The van der Waals surface area contributed by atoms with E-state index in [4.69, 9.17) is 4.98 Å². The average molecular weight is 496 g/mol. The summed E-state index contributed by atoms with van der Waals surface area (Å²) >= 11 is 1.76. The smallest absolute Gasteiger partial charge is 0.407 e. The van der Waals surface area contributed by atoms with Crippen molar-refractivity contribution < 1.29 is 14.3 Å². The summed E-state index contributed by atoms with van der Waals surface area (Å²) in [6, 6.07) is 18.2. The highest BCUT2D eigenvalue weighted by atomic mass is 32.1. The maximum absolute atomic E-state index is 10.9. The Morgan fingerprint density at radius 1 is 1.06 bits per heavy atom.